The lowest BCUT2D eigenvalue weighted by molar-refractivity contribution is -0.662. The van der Waals surface area contributed by atoms with Crippen molar-refractivity contribution in [3.63, 3.8) is 0 Å². The fourth-order valence-electron chi connectivity index (χ4n) is 5.61. The molecule has 0 saturated carbocycles. The molecule has 1 aliphatic rings. The molecule has 0 spiro atoms. The largest absolute Gasteiger partial charge is 0.374 e. The highest BCUT2D eigenvalue weighted by Gasteiger charge is 2.64. The summed E-state index contributed by atoms with van der Waals surface area (Å²) in [5, 5.41) is 22.7. The Bertz CT molecular complexity index is 1520. The SMILES string of the molecule is N#CCCC1([N+](=O)[O-])O[C@H](COCc2ccccc2)[C@@H](OCc2ccccc2)[C@H](OCc2ccccc2)[C@H]1OCc1ccccc1. The van der Waals surface area contributed by atoms with Gasteiger partial charge in [-0.25, -0.2) is 0 Å². The molecule has 0 bridgehead atoms. The van der Waals surface area contributed by atoms with Crippen molar-refractivity contribution in [2.75, 3.05) is 6.61 Å². The molecular formula is C37H38N2O7. The molecule has 0 amide bonds. The minimum Gasteiger partial charge on any atom is -0.374 e. The number of nitriles is 1. The zero-order valence-corrected chi connectivity index (χ0v) is 25.6. The van der Waals surface area contributed by atoms with E-state index in [1.165, 1.54) is 0 Å². The summed E-state index contributed by atoms with van der Waals surface area (Å²) in [6.07, 6.45) is -4.21. The highest BCUT2D eigenvalue weighted by Crippen LogP contribution is 2.40. The average molecular weight is 623 g/mol. The summed E-state index contributed by atoms with van der Waals surface area (Å²) in [7, 11) is 0. The molecule has 9 nitrogen and oxygen atoms in total. The standard InChI is InChI=1S/C37H38N2O7/c38-23-13-22-37(39(40)41)36(45-27-32-20-11-4-12-21-32)35(44-26-31-18-9-3-10-19-31)34(43-25-30-16-7-2-8-17-30)33(46-37)28-42-24-29-14-5-1-6-15-29/h1-12,14-21,33-36H,13,22,24-28H2/t33-,34-,35+,36-,37?/m1/s1. The van der Waals surface area contributed by atoms with Crippen molar-refractivity contribution in [3.8, 4) is 6.07 Å². The van der Waals surface area contributed by atoms with Gasteiger partial charge in [-0.05, 0) is 22.3 Å². The van der Waals surface area contributed by atoms with Crippen molar-refractivity contribution >= 4 is 0 Å². The molecule has 238 valence electrons. The quantitative estimate of drug-likeness (QED) is 0.101. The summed E-state index contributed by atoms with van der Waals surface area (Å²) in [4.78, 5) is 12.6. The minimum atomic E-state index is -2.10. The Morgan fingerprint density at radius 1 is 0.674 bits per heavy atom. The molecule has 1 saturated heterocycles. The molecule has 0 N–H and O–H groups in total. The van der Waals surface area contributed by atoms with Gasteiger partial charge in [0, 0.05) is 6.42 Å². The second-order valence-electron chi connectivity index (χ2n) is 11.2. The lowest BCUT2D eigenvalue weighted by Crippen LogP contribution is -2.69. The predicted molar refractivity (Wildman–Crippen MR) is 171 cm³/mol. The molecule has 1 aliphatic heterocycles. The molecular weight excluding hydrogens is 584 g/mol. The third-order valence-corrected chi connectivity index (χ3v) is 7.93. The summed E-state index contributed by atoms with van der Waals surface area (Å²) >= 11 is 0. The highest BCUT2D eigenvalue weighted by molar-refractivity contribution is 5.17. The Labute approximate surface area is 269 Å². The maximum absolute atomic E-state index is 13.1. The molecule has 0 aliphatic carbocycles. The molecule has 4 aromatic carbocycles. The number of benzene rings is 4. The van der Waals surface area contributed by atoms with Crippen LogP contribution in [-0.4, -0.2) is 41.7 Å². The van der Waals surface area contributed by atoms with Gasteiger partial charge in [0.1, 0.15) is 18.3 Å². The second-order valence-corrected chi connectivity index (χ2v) is 11.2. The first kappa shape index (κ1) is 32.9. The Morgan fingerprint density at radius 3 is 1.57 bits per heavy atom. The van der Waals surface area contributed by atoms with Crippen LogP contribution in [-0.2, 0) is 50.1 Å². The van der Waals surface area contributed by atoms with Gasteiger partial charge in [-0.2, -0.15) is 5.26 Å². The van der Waals surface area contributed by atoms with Crippen LogP contribution in [0.15, 0.2) is 121 Å². The number of hydrogen-bond donors (Lipinski definition) is 0. The average Bonchev–Trinajstić information content (AvgIpc) is 3.10. The first-order valence-corrected chi connectivity index (χ1v) is 15.4. The van der Waals surface area contributed by atoms with E-state index in [-0.39, 0.29) is 45.9 Å². The molecule has 46 heavy (non-hydrogen) atoms. The van der Waals surface area contributed by atoms with E-state index in [4.69, 9.17) is 23.7 Å². The molecule has 4 aromatic rings. The summed E-state index contributed by atoms with van der Waals surface area (Å²) < 4.78 is 32.1. The van der Waals surface area contributed by atoms with Crippen LogP contribution >= 0.6 is 0 Å². The number of hydrogen-bond acceptors (Lipinski definition) is 8. The summed E-state index contributed by atoms with van der Waals surface area (Å²) in [6.45, 7) is 0.713. The maximum atomic E-state index is 13.1. The van der Waals surface area contributed by atoms with Crippen LogP contribution in [0.3, 0.4) is 0 Å². The van der Waals surface area contributed by atoms with Gasteiger partial charge >= 0.3 is 5.72 Å². The third-order valence-electron chi connectivity index (χ3n) is 7.93. The van der Waals surface area contributed by atoms with E-state index in [9.17, 15) is 15.4 Å². The smallest absolute Gasteiger partial charge is 0.355 e. The van der Waals surface area contributed by atoms with Gasteiger partial charge in [0.2, 0.25) is 0 Å². The number of rotatable bonds is 16. The normalized spacial score (nSPS) is 22.6. The molecule has 1 heterocycles. The molecule has 0 aromatic heterocycles. The molecule has 9 heteroatoms. The van der Waals surface area contributed by atoms with Crippen molar-refractivity contribution < 1.29 is 28.6 Å². The molecule has 1 unspecified atom stereocenters. The van der Waals surface area contributed by atoms with Gasteiger partial charge in [-0.1, -0.05) is 121 Å². The predicted octanol–water partition coefficient (Wildman–Crippen LogP) is 6.63. The molecule has 0 radical (unpaired) electrons. The monoisotopic (exact) mass is 622 g/mol. The molecule has 1 fully saturated rings. The fraction of sp³-hybridized carbons (Fsp3) is 0.324. The number of nitrogens with zero attached hydrogens (tertiary/aromatic N) is 2. The van der Waals surface area contributed by atoms with Crippen LogP contribution in [0.5, 0.6) is 0 Å². The van der Waals surface area contributed by atoms with E-state index in [1.54, 1.807) is 0 Å². The highest BCUT2D eigenvalue weighted by atomic mass is 16.7. The number of nitro groups is 1. The van der Waals surface area contributed by atoms with Crippen LogP contribution in [0, 0.1) is 21.4 Å². The van der Waals surface area contributed by atoms with Crippen LogP contribution in [0.1, 0.15) is 35.1 Å². The topological polar surface area (TPSA) is 113 Å². The first-order chi connectivity index (χ1) is 22.6. The van der Waals surface area contributed by atoms with Crippen molar-refractivity contribution in [1.82, 2.24) is 0 Å². The van der Waals surface area contributed by atoms with E-state index < -0.39 is 35.1 Å². The van der Waals surface area contributed by atoms with E-state index in [0.29, 0.717) is 0 Å². The van der Waals surface area contributed by atoms with Crippen molar-refractivity contribution in [2.45, 2.75) is 69.4 Å². The third kappa shape index (κ3) is 8.63. The molecule has 5 atom stereocenters. The number of ether oxygens (including phenoxy) is 5. The van der Waals surface area contributed by atoms with Crippen molar-refractivity contribution in [2.24, 2.45) is 0 Å². The second kappa shape index (κ2) is 16.8. The van der Waals surface area contributed by atoms with E-state index in [0.717, 1.165) is 22.3 Å². The van der Waals surface area contributed by atoms with Gasteiger partial charge in [-0.15, -0.1) is 0 Å². The zero-order valence-electron chi connectivity index (χ0n) is 25.6. The Hall–Kier alpha value is -4.43. The Balaban J connectivity index is 1.52. The lowest BCUT2D eigenvalue weighted by Gasteiger charge is -2.47. The van der Waals surface area contributed by atoms with Crippen LogP contribution < -0.4 is 0 Å². The molecule has 5 rings (SSSR count). The zero-order chi connectivity index (χ0) is 32.0. The maximum Gasteiger partial charge on any atom is 0.355 e. The van der Waals surface area contributed by atoms with Crippen molar-refractivity contribution in [1.29, 1.82) is 5.26 Å². The van der Waals surface area contributed by atoms with Gasteiger partial charge < -0.3 is 23.7 Å². The van der Waals surface area contributed by atoms with Crippen LogP contribution in [0.25, 0.3) is 0 Å². The Kier molecular flexibility index (Phi) is 12.0. The van der Waals surface area contributed by atoms with E-state index in [1.807, 2.05) is 121 Å². The minimum absolute atomic E-state index is 0.00685. The fourth-order valence-corrected chi connectivity index (χ4v) is 5.61. The van der Waals surface area contributed by atoms with Gasteiger partial charge in [0.15, 0.2) is 6.10 Å². The lowest BCUT2D eigenvalue weighted by atomic mass is 9.87. The van der Waals surface area contributed by atoms with Gasteiger partial charge in [-0.3, -0.25) is 10.1 Å². The summed E-state index contributed by atoms with van der Waals surface area (Å²) in [5.41, 5.74) is 1.49. The van der Waals surface area contributed by atoms with E-state index in [2.05, 4.69) is 6.07 Å². The van der Waals surface area contributed by atoms with Crippen LogP contribution in [0.4, 0.5) is 0 Å². The summed E-state index contributed by atoms with van der Waals surface area (Å²) in [6, 6.07) is 40.4. The van der Waals surface area contributed by atoms with Crippen LogP contribution in [0.2, 0.25) is 0 Å². The summed E-state index contributed by atoms with van der Waals surface area (Å²) in [5.74, 6) is 0. The van der Waals surface area contributed by atoms with Gasteiger partial charge in [0.05, 0.1) is 50.4 Å². The first-order valence-electron chi connectivity index (χ1n) is 15.4. The van der Waals surface area contributed by atoms with Crippen molar-refractivity contribution in [3.05, 3.63) is 154 Å². The van der Waals surface area contributed by atoms with Gasteiger partial charge in [0.25, 0.3) is 0 Å². The van der Waals surface area contributed by atoms with E-state index >= 15 is 0 Å². The Morgan fingerprint density at radius 2 is 1.11 bits per heavy atom.